The summed E-state index contributed by atoms with van der Waals surface area (Å²) in [7, 11) is 1.61. The summed E-state index contributed by atoms with van der Waals surface area (Å²) in [6.45, 7) is 2.38. The fourth-order valence-corrected chi connectivity index (χ4v) is 2.04. The first-order chi connectivity index (χ1) is 8.60. The van der Waals surface area contributed by atoms with Gasteiger partial charge in [0.25, 0.3) is 0 Å². The Hall–Kier alpha value is -1.30. The van der Waals surface area contributed by atoms with Gasteiger partial charge in [-0.25, -0.2) is 0 Å². The molecule has 0 aliphatic carbocycles. The van der Waals surface area contributed by atoms with Gasteiger partial charge in [0.15, 0.2) is 0 Å². The third-order valence-electron chi connectivity index (χ3n) is 3.12. The molecule has 3 N–H and O–H groups in total. The number of aliphatic hydroxyl groups excluding tert-OH is 1. The van der Waals surface area contributed by atoms with Gasteiger partial charge in [-0.1, -0.05) is 0 Å². The molecule has 0 spiro atoms. The summed E-state index contributed by atoms with van der Waals surface area (Å²) >= 11 is 0. The molecular weight excluding hydrogens is 268 g/mol. The van der Waals surface area contributed by atoms with Crippen LogP contribution in [0.5, 0.6) is 5.75 Å². The number of hydrogen-bond donors (Lipinski definition) is 3. The number of aliphatic hydroxyl groups is 1. The minimum atomic E-state index is -0.433. The van der Waals surface area contributed by atoms with E-state index in [2.05, 4.69) is 10.6 Å². The van der Waals surface area contributed by atoms with Crippen molar-refractivity contribution in [1.82, 2.24) is 5.32 Å². The Morgan fingerprint density at radius 2 is 2.26 bits per heavy atom. The highest BCUT2D eigenvalue weighted by molar-refractivity contribution is 5.95. The molecule has 1 saturated heterocycles. The van der Waals surface area contributed by atoms with Crippen LogP contribution < -0.4 is 15.4 Å². The number of β-amino-alcohol motifs (C(OH)–C–C–N with tert-alkyl or cyclic N) is 1. The van der Waals surface area contributed by atoms with Crippen LogP contribution >= 0.6 is 12.4 Å². The summed E-state index contributed by atoms with van der Waals surface area (Å²) in [5.74, 6) is 0.653. The Balaban J connectivity index is 0.00000180. The Morgan fingerprint density at radius 3 is 2.79 bits per heavy atom. The maximum absolute atomic E-state index is 12.0. The monoisotopic (exact) mass is 286 g/mol. The lowest BCUT2D eigenvalue weighted by molar-refractivity contribution is -0.117. The van der Waals surface area contributed by atoms with Crippen molar-refractivity contribution < 1.29 is 14.6 Å². The second-order valence-corrected chi connectivity index (χ2v) is 4.52. The normalized spacial score (nSPS) is 21.6. The van der Waals surface area contributed by atoms with Crippen LogP contribution in [-0.4, -0.2) is 36.8 Å². The number of hydrogen-bond acceptors (Lipinski definition) is 4. The number of ether oxygens (including phenoxy) is 1. The van der Waals surface area contributed by atoms with E-state index in [1.165, 1.54) is 0 Å². The summed E-state index contributed by atoms with van der Waals surface area (Å²) in [5, 5.41) is 15.2. The highest BCUT2D eigenvalue weighted by atomic mass is 35.5. The van der Waals surface area contributed by atoms with Crippen LogP contribution in [0.4, 0.5) is 5.69 Å². The van der Waals surface area contributed by atoms with Gasteiger partial charge >= 0.3 is 0 Å². The molecule has 2 unspecified atom stereocenters. The van der Waals surface area contributed by atoms with Gasteiger partial charge in [0, 0.05) is 12.2 Å². The van der Waals surface area contributed by atoms with E-state index in [1.54, 1.807) is 13.2 Å². The van der Waals surface area contributed by atoms with E-state index in [0.717, 1.165) is 17.0 Å². The van der Waals surface area contributed by atoms with Crippen LogP contribution in [0.25, 0.3) is 0 Å². The summed E-state index contributed by atoms with van der Waals surface area (Å²) in [4.78, 5) is 12.0. The molecule has 19 heavy (non-hydrogen) atoms. The predicted molar refractivity (Wildman–Crippen MR) is 76.0 cm³/mol. The Kier molecular flexibility index (Phi) is 5.60. The van der Waals surface area contributed by atoms with Crippen molar-refractivity contribution >= 4 is 24.0 Å². The lowest BCUT2D eigenvalue weighted by atomic mass is 10.1. The number of benzene rings is 1. The van der Waals surface area contributed by atoms with Crippen molar-refractivity contribution in [3.8, 4) is 5.75 Å². The second-order valence-electron chi connectivity index (χ2n) is 4.52. The molecule has 2 atom stereocenters. The van der Waals surface area contributed by atoms with Gasteiger partial charge in [0.05, 0.1) is 19.3 Å². The van der Waals surface area contributed by atoms with E-state index in [1.807, 2.05) is 19.1 Å². The molecule has 1 amide bonds. The van der Waals surface area contributed by atoms with Gasteiger partial charge in [-0.3, -0.25) is 4.79 Å². The first kappa shape index (κ1) is 15.8. The number of methoxy groups -OCH3 is 1. The molecule has 106 valence electrons. The zero-order valence-corrected chi connectivity index (χ0v) is 11.8. The van der Waals surface area contributed by atoms with E-state index in [0.29, 0.717) is 13.0 Å². The number of carbonyl (C=O) groups excluding carboxylic acids is 1. The first-order valence-electron chi connectivity index (χ1n) is 5.97. The summed E-state index contributed by atoms with van der Waals surface area (Å²) < 4.78 is 5.11. The van der Waals surface area contributed by atoms with Crippen LogP contribution in [0.3, 0.4) is 0 Å². The quantitative estimate of drug-likeness (QED) is 0.778. The van der Waals surface area contributed by atoms with E-state index < -0.39 is 6.10 Å². The Labute approximate surface area is 118 Å². The molecule has 6 heteroatoms. The zero-order valence-electron chi connectivity index (χ0n) is 11.0. The minimum Gasteiger partial charge on any atom is -0.497 e. The summed E-state index contributed by atoms with van der Waals surface area (Å²) in [5.41, 5.74) is 1.71. The van der Waals surface area contributed by atoms with Crippen LogP contribution in [0.1, 0.15) is 12.0 Å². The molecule has 0 aromatic heterocycles. The number of aryl methyl sites for hydroxylation is 1. The number of halogens is 1. The highest BCUT2D eigenvalue weighted by Crippen LogP contribution is 2.21. The first-order valence-corrected chi connectivity index (χ1v) is 5.97. The third-order valence-corrected chi connectivity index (χ3v) is 3.12. The predicted octanol–water partition coefficient (Wildman–Crippen LogP) is 1.09. The molecule has 0 saturated carbocycles. The molecule has 0 bridgehead atoms. The number of carbonyl (C=O) groups is 1. The molecule has 1 heterocycles. The standard InChI is InChI=1S/C13H18N2O3.ClH/c1-8-5-10(18-2)3-4-11(8)15-13(17)12-6-9(16)7-14-12;/h3-5,9,12,14,16H,6-7H2,1-2H3,(H,15,17);1H. The number of amides is 1. The van der Waals surface area contributed by atoms with E-state index in [4.69, 9.17) is 4.74 Å². The van der Waals surface area contributed by atoms with Gasteiger partial charge in [-0.15, -0.1) is 12.4 Å². The van der Waals surface area contributed by atoms with Gasteiger partial charge in [0.2, 0.25) is 5.91 Å². The maximum atomic E-state index is 12.0. The van der Waals surface area contributed by atoms with E-state index >= 15 is 0 Å². The fourth-order valence-electron chi connectivity index (χ4n) is 2.04. The molecule has 5 nitrogen and oxygen atoms in total. The number of rotatable bonds is 3. The summed E-state index contributed by atoms with van der Waals surface area (Å²) in [6, 6.07) is 5.17. The van der Waals surface area contributed by atoms with Gasteiger partial charge < -0.3 is 20.5 Å². The van der Waals surface area contributed by atoms with Gasteiger partial charge in [0.1, 0.15) is 5.75 Å². The molecule has 2 rings (SSSR count). The topological polar surface area (TPSA) is 70.6 Å². The SMILES string of the molecule is COc1ccc(NC(=O)C2CC(O)CN2)c(C)c1.Cl. The molecule has 1 fully saturated rings. The molecule has 1 aromatic rings. The van der Waals surface area contributed by atoms with Crippen LogP contribution in [0.15, 0.2) is 18.2 Å². The summed E-state index contributed by atoms with van der Waals surface area (Å²) in [6.07, 6.45) is 0.0267. The van der Waals surface area contributed by atoms with Crippen LogP contribution in [0, 0.1) is 6.92 Å². The fraction of sp³-hybridized carbons (Fsp3) is 0.462. The smallest absolute Gasteiger partial charge is 0.241 e. The average Bonchev–Trinajstić information content (AvgIpc) is 2.78. The average molecular weight is 287 g/mol. The lowest BCUT2D eigenvalue weighted by Gasteiger charge is -2.13. The second kappa shape index (κ2) is 6.75. The van der Waals surface area contributed by atoms with Crippen molar-refractivity contribution in [2.45, 2.75) is 25.5 Å². The Morgan fingerprint density at radius 1 is 1.53 bits per heavy atom. The molecule has 1 aliphatic heterocycles. The highest BCUT2D eigenvalue weighted by Gasteiger charge is 2.28. The maximum Gasteiger partial charge on any atom is 0.241 e. The number of anilines is 1. The van der Waals surface area contributed by atoms with Gasteiger partial charge in [-0.2, -0.15) is 0 Å². The molecule has 1 aromatic carbocycles. The molecule has 1 aliphatic rings. The van der Waals surface area contributed by atoms with Crippen molar-refractivity contribution in [3.63, 3.8) is 0 Å². The van der Waals surface area contributed by atoms with E-state index in [-0.39, 0.29) is 24.4 Å². The molecule has 0 radical (unpaired) electrons. The molecular formula is C13H19ClN2O3. The largest absolute Gasteiger partial charge is 0.497 e. The zero-order chi connectivity index (χ0) is 13.1. The van der Waals surface area contributed by atoms with Crippen LogP contribution in [0.2, 0.25) is 0 Å². The lowest BCUT2D eigenvalue weighted by Crippen LogP contribution is -2.35. The van der Waals surface area contributed by atoms with Crippen molar-refractivity contribution in [3.05, 3.63) is 23.8 Å². The minimum absolute atomic E-state index is 0. The van der Waals surface area contributed by atoms with Crippen molar-refractivity contribution in [1.29, 1.82) is 0 Å². The third kappa shape index (κ3) is 3.83. The van der Waals surface area contributed by atoms with Crippen molar-refractivity contribution in [2.75, 3.05) is 19.0 Å². The number of nitrogens with one attached hydrogen (secondary N) is 2. The van der Waals surface area contributed by atoms with E-state index in [9.17, 15) is 9.90 Å². The Bertz CT molecular complexity index is 454. The van der Waals surface area contributed by atoms with Crippen molar-refractivity contribution in [2.24, 2.45) is 0 Å². The van der Waals surface area contributed by atoms with Gasteiger partial charge in [-0.05, 0) is 37.1 Å². The van der Waals surface area contributed by atoms with Crippen LogP contribution in [-0.2, 0) is 4.79 Å².